The lowest BCUT2D eigenvalue weighted by Crippen LogP contribution is -2.47. The summed E-state index contributed by atoms with van der Waals surface area (Å²) in [5.74, 6) is 2.03. The summed E-state index contributed by atoms with van der Waals surface area (Å²) in [5.41, 5.74) is 0. The molecule has 1 aromatic heterocycles. The first-order valence-electron chi connectivity index (χ1n) is 9.25. The number of hydrogen-bond acceptors (Lipinski definition) is 3. The van der Waals surface area contributed by atoms with Crippen molar-refractivity contribution in [3.63, 3.8) is 0 Å². The van der Waals surface area contributed by atoms with Crippen LogP contribution in [-0.2, 0) is 6.54 Å². The highest BCUT2D eigenvalue weighted by Crippen LogP contribution is 2.18. The van der Waals surface area contributed by atoms with E-state index in [0.717, 1.165) is 38.7 Å². The molecule has 0 radical (unpaired) electrons. The highest BCUT2D eigenvalue weighted by Gasteiger charge is 2.31. The van der Waals surface area contributed by atoms with E-state index in [0.29, 0.717) is 23.9 Å². The van der Waals surface area contributed by atoms with Crippen LogP contribution in [0.3, 0.4) is 0 Å². The Balaban J connectivity index is 0.00000312. The fraction of sp³-hybridized carbons (Fsp3) is 0.778. The average molecular weight is 462 g/mol. The summed E-state index contributed by atoms with van der Waals surface area (Å²) in [5, 5.41) is 11.3. The summed E-state index contributed by atoms with van der Waals surface area (Å²) in [6.45, 7) is 16.0. The minimum atomic E-state index is 0. The Bertz CT molecular complexity index is 502. The highest BCUT2D eigenvalue weighted by molar-refractivity contribution is 14.0. The van der Waals surface area contributed by atoms with E-state index in [1.54, 1.807) is 0 Å². The summed E-state index contributed by atoms with van der Waals surface area (Å²) in [6.07, 6.45) is 3.83. The van der Waals surface area contributed by atoms with E-state index in [4.69, 9.17) is 4.99 Å². The van der Waals surface area contributed by atoms with Crippen LogP contribution in [0.5, 0.6) is 0 Å². The van der Waals surface area contributed by atoms with Crippen molar-refractivity contribution in [2.45, 2.75) is 53.2 Å². The van der Waals surface area contributed by atoms with Gasteiger partial charge in [-0.2, -0.15) is 5.10 Å². The number of aliphatic imine (C=N–C) groups is 1. The number of rotatable bonds is 7. The van der Waals surface area contributed by atoms with Gasteiger partial charge in [-0.15, -0.1) is 24.0 Å². The number of nitrogens with one attached hydrogen (secondary N) is 2. The predicted molar refractivity (Wildman–Crippen MR) is 116 cm³/mol. The van der Waals surface area contributed by atoms with Gasteiger partial charge in [0.15, 0.2) is 5.96 Å². The van der Waals surface area contributed by atoms with Crippen molar-refractivity contribution in [2.75, 3.05) is 26.2 Å². The minimum absolute atomic E-state index is 0. The zero-order chi connectivity index (χ0) is 17.5. The van der Waals surface area contributed by atoms with Gasteiger partial charge < -0.3 is 10.6 Å². The van der Waals surface area contributed by atoms with E-state index in [9.17, 15) is 0 Å². The third-order valence-corrected chi connectivity index (χ3v) is 4.66. The van der Waals surface area contributed by atoms with Gasteiger partial charge in [-0.25, -0.2) is 0 Å². The molecule has 144 valence electrons. The van der Waals surface area contributed by atoms with Crippen LogP contribution in [0.25, 0.3) is 0 Å². The molecule has 1 aliphatic rings. The van der Waals surface area contributed by atoms with Crippen molar-refractivity contribution in [1.29, 1.82) is 0 Å². The van der Waals surface area contributed by atoms with Gasteiger partial charge in [0, 0.05) is 57.2 Å². The Kier molecular flexibility index (Phi) is 9.78. The van der Waals surface area contributed by atoms with Gasteiger partial charge >= 0.3 is 0 Å². The lowest BCUT2D eigenvalue weighted by atomic mass is 10.1. The molecule has 7 heteroatoms. The summed E-state index contributed by atoms with van der Waals surface area (Å²) in [6, 6.07) is 3.03. The maximum Gasteiger partial charge on any atom is 0.191 e. The zero-order valence-electron chi connectivity index (χ0n) is 16.3. The highest BCUT2D eigenvalue weighted by atomic mass is 127. The van der Waals surface area contributed by atoms with Gasteiger partial charge in [0.25, 0.3) is 0 Å². The largest absolute Gasteiger partial charge is 0.357 e. The van der Waals surface area contributed by atoms with Gasteiger partial charge in [-0.05, 0) is 38.7 Å². The van der Waals surface area contributed by atoms with E-state index in [-0.39, 0.29) is 24.0 Å². The Hall–Kier alpha value is -0.830. The zero-order valence-corrected chi connectivity index (χ0v) is 18.6. The van der Waals surface area contributed by atoms with Crippen molar-refractivity contribution < 1.29 is 0 Å². The van der Waals surface area contributed by atoms with Gasteiger partial charge in [-0.1, -0.05) is 13.8 Å². The molecule has 0 bridgehead atoms. The SMILES string of the molecule is CCNC(=NCC(C)Cn1cccn1)NC1CN(C(C)C)CC1C.I. The second-order valence-electron chi connectivity index (χ2n) is 7.33. The molecule has 0 aliphatic carbocycles. The molecular weight excluding hydrogens is 427 g/mol. The smallest absolute Gasteiger partial charge is 0.191 e. The van der Waals surface area contributed by atoms with Crippen LogP contribution < -0.4 is 10.6 Å². The fourth-order valence-corrected chi connectivity index (χ4v) is 3.14. The number of aromatic nitrogens is 2. The second-order valence-corrected chi connectivity index (χ2v) is 7.33. The van der Waals surface area contributed by atoms with Crippen LogP contribution in [0.2, 0.25) is 0 Å². The van der Waals surface area contributed by atoms with Crippen LogP contribution in [-0.4, -0.2) is 58.9 Å². The first-order chi connectivity index (χ1) is 11.5. The number of likely N-dealkylation sites (tertiary alicyclic amines) is 1. The van der Waals surface area contributed by atoms with E-state index in [2.05, 4.69) is 55.3 Å². The molecule has 6 nitrogen and oxygen atoms in total. The summed E-state index contributed by atoms with van der Waals surface area (Å²) < 4.78 is 1.97. The van der Waals surface area contributed by atoms with Gasteiger partial charge in [0.05, 0.1) is 0 Å². The van der Waals surface area contributed by atoms with Crippen LogP contribution in [0.15, 0.2) is 23.5 Å². The monoisotopic (exact) mass is 462 g/mol. The first-order valence-corrected chi connectivity index (χ1v) is 9.25. The first kappa shape index (κ1) is 22.2. The Morgan fingerprint density at radius 3 is 2.64 bits per heavy atom. The summed E-state index contributed by atoms with van der Waals surface area (Å²) >= 11 is 0. The Morgan fingerprint density at radius 2 is 2.08 bits per heavy atom. The van der Waals surface area contributed by atoms with E-state index in [1.165, 1.54) is 0 Å². The molecule has 1 aliphatic heterocycles. The molecule has 0 spiro atoms. The average Bonchev–Trinajstić information content (AvgIpc) is 3.15. The van der Waals surface area contributed by atoms with E-state index < -0.39 is 0 Å². The van der Waals surface area contributed by atoms with Crippen molar-refractivity contribution in [3.8, 4) is 0 Å². The predicted octanol–water partition coefficient (Wildman–Crippen LogP) is 2.42. The van der Waals surface area contributed by atoms with Crippen molar-refractivity contribution in [1.82, 2.24) is 25.3 Å². The molecule has 2 rings (SSSR count). The minimum Gasteiger partial charge on any atom is -0.357 e. The molecule has 25 heavy (non-hydrogen) atoms. The van der Waals surface area contributed by atoms with Crippen molar-refractivity contribution >= 4 is 29.9 Å². The number of nitrogens with zero attached hydrogens (tertiary/aromatic N) is 4. The third-order valence-electron chi connectivity index (χ3n) is 4.66. The number of guanidine groups is 1. The van der Waals surface area contributed by atoms with Gasteiger partial charge in [0.1, 0.15) is 0 Å². The molecule has 3 unspecified atom stereocenters. The van der Waals surface area contributed by atoms with Gasteiger partial charge in [0.2, 0.25) is 0 Å². The maximum absolute atomic E-state index is 4.80. The molecule has 1 aromatic rings. The Morgan fingerprint density at radius 1 is 1.32 bits per heavy atom. The second kappa shape index (κ2) is 11.0. The maximum atomic E-state index is 4.80. The molecule has 1 saturated heterocycles. The molecule has 2 heterocycles. The summed E-state index contributed by atoms with van der Waals surface area (Å²) in [7, 11) is 0. The van der Waals surface area contributed by atoms with Crippen molar-refractivity contribution in [3.05, 3.63) is 18.5 Å². The molecule has 2 N–H and O–H groups in total. The lowest BCUT2D eigenvalue weighted by Gasteiger charge is -2.22. The molecular formula is C18H35IN6. The normalized spacial score (nSPS) is 22.7. The molecule has 3 atom stereocenters. The Labute approximate surface area is 169 Å². The van der Waals surface area contributed by atoms with E-state index in [1.807, 2.05) is 23.1 Å². The molecule has 0 saturated carbocycles. The van der Waals surface area contributed by atoms with Crippen LogP contribution in [0.4, 0.5) is 0 Å². The number of hydrogen-bond donors (Lipinski definition) is 2. The lowest BCUT2D eigenvalue weighted by molar-refractivity contribution is 0.265. The van der Waals surface area contributed by atoms with Crippen LogP contribution in [0, 0.1) is 11.8 Å². The topological polar surface area (TPSA) is 57.5 Å². The molecule has 1 fully saturated rings. The summed E-state index contributed by atoms with van der Waals surface area (Å²) in [4.78, 5) is 7.33. The number of halogens is 1. The quantitative estimate of drug-likeness (QED) is 0.371. The standard InChI is InChI=1S/C18H34N6.HI/c1-6-19-18(20-10-15(4)11-24-9-7-8-21-24)22-17-13-23(14(2)3)12-16(17)5;/h7-9,14-17H,6,10-13H2,1-5H3,(H2,19,20,22);1H. The third kappa shape index (κ3) is 7.13. The van der Waals surface area contributed by atoms with Crippen molar-refractivity contribution in [2.24, 2.45) is 16.8 Å². The molecule has 0 amide bonds. The fourth-order valence-electron chi connectivity index (χ4n) is 3.14. The molecule has 0 aromatic carbocycles. The van der Waals surface area contributed by atoms with Crippen LogP contribution in [0.1, 0.15) is 34.6 Å². The van der Waals surface area contributed by atoms with Gasteiger partial charge in [-0.3, -0.25) is 14.6 Å². The van der Waals surface area contributed by atoms with E-state index >= 15 is 0 Å². The van der Waals surface area contributed by atoms with Crippen LogP contribution >= 0.6 is 24.0 Å².